The summed E-state index contributed by atoms with van der Waals surface area (Å²) in [6.07, 6.45) is 1.44. The number of H-pyrrole nitrogens is 1. The van der Waals surface area contributed by atoms with Crippen LogP contribution < -0.4 is 10.6 Å². The number of pyridine rings is 1. The molecule has 8 nitrogen and oxygen atoms in total. The Hall–Kier alpha value is -4.51. The van der Waals surface area contributed by atoms with Crippen molar-refractivity contribution in [1.82, 2.24) is 20.2 Å². The van der Waals surface area contributed by atoms with Crippen molar-refractivity contribution >= 4 is 17.4 Å². The van der Waals surface area contributed by atoms with Gasteiger partial charge < -0.3 is 10.6 Å². The van der Waals surface area contributed by atoms with Crippen LogP contribution in [0.4, 0.5) is 11.5 Å². The van der Waals surface area contributed by atoms with Crippen molar-refractivity contribution in [1.29, 1.82) is 5.26 Å². The number of aryl methyl sites for hydroxylation is 1. The molecule has 0 saturated heterocycles. The first-order chi connectivity index (χ1) is 15.6. The number of carbonyl (C=O) groups is 1. The molecule has 158 valence electrons. The van der Waals surface area contributed by atoms with E-state index in [-0.39, 0.29) is 12.3 Å². The van der Waals surface area contributed by atoms with E-state index in [1.54, 1.807) is 18.3 Å². The molecule has 0 atom stereocenters. The SMILES string of the molecule is Cc1nc(-c2ccccc2-c2ccc(CNc3ncccc3NC(=O)CC#N)cc2)n[nH]1. The highest BCUT2D eigenvalue weighted by atomic mass is 16.1. The molecule has 2 aromatic carbocycles. The number of nitriles is 1. The zero-order chi connectivity index (χ0) is 22.3. The second kappa shape index (κ2) is 9.53. The molecule has 0 radical (unpaired) electrons. The lowest BCUT2D eigenvalue weighted by Crippen LogP contribution is -2.13. The molecular formula is C24H21N7O. The molecule has 0 bridgehead atoms. The Morgan fingerprint density at radius 1 is 1.06 bits per heavy atom. The van der Waals surface area contributed by atoms with Crippen LogP contribution in [0.1, 0.15) is 17.8 Å². The first kappa shape index (κ1) is 20.8. The number of carbonyl (C=O) groups excluding carboxylic acids is 1. The lowest BCUT2D eigenvalue weighted by atomic mass is 9.98. The fourth-order valence-electron chi connectivity index (χ4n) is 3.29. The minimum Gasteiger partial charge on any atom is -0.364 e. The largest absolute Gasteiger partial charge is 0.364 e. The molecule has 3 N–H and O–H groups in total. The van der Waals surface area contributed by atoms with Gasteiger partial charge in [-0.3, -0.25) is 9.89 Å². The van der Waals surface area contributed by atoms with E-state index in [2.05, 4.69) is 49.0 Å². The van der Waals surface area contributed by atoms with Crippen molar-refractivity contribution in [3.63, 3.8) is 0 Å². The molecular weight excluding hydrogens is 402 g/mol. The number of hydrogen-bond acceptors (Lipinski definition) is 6. The van der Waals surface area contributed by atoms with E-state index < -0.39 is 0 Å². The third-order valence-corrected chi connectivity index (χ3v) is 4.81. The lowest BCUT2D eigenvalue weighted by molar-refractivity contribution is -0.115. The van der Waals surface area contributed by atoms with E-state index >= 15 is 0 Å². The number of nitrogens with zero attached hydrogens (tertiary/aromatic N) is 4. The second-order valence-electron chi connectivity index (χ2n) is 7.12. The summed E-state index contributed by atoms with van der Waals surface area (Å²) in [7, 11) is 0. The number of aromatic amines is 1. The van der Waals surface area contributed by atoms with Gasteiger partial charge in [-0.2, -0.15) is 10.4 Å². The van der Waals surface area contributed by atoms with Crippen molar-refractivity contribution in [2.24, 2.45) is 0 Å². The smallest absolute Gasteiger partial charge is 0.238 e. The molecule has 1 amide bonds. The van der Waals surface area contributed by atoms with Gasteiger partial charge in [-0.25, -0.2) is 9.97 Å². The van der Waals surface area contributed by atoms with Crippen molar-refractivity contribution in [2.45, 2.75) is 19.9 Å². The fraction of sp³-hybridized carbons (Fsp3) is 0.125. The average molecular weight is 423 g/mol. The molecule has 0 aliphatic heterocycles. The Kier molecular flexibility index (Phi) is 6.18. The first-order valence-corrected chi connectivity index (χ1v) is 10.1. The molecule has 4 rings (SSSR count). The van der Waals surface area contributed by atoms with Crippen LogP contribution in [0.3, 0.4) is 0 Å². The number of hydrogen-bond donors (Lipinski definition) is 3. The molecule has 0 saturated carbocycles. The van der Waals surface area contributed by atoms with Crippen LogP contribution in [-0.4, -0.2) is 26.1 Å². The van der Waals surface area contributed by atoms with E-state index in [9.17, 15) is 4.79 Å². The third kappa shape index (κ3) is 4.79. The van der Waals surface area contributed by atoms with Crippen LogP contribution in [0.5, 0.6) is 0 Å². The average Bonchev–Trinajstić information content (AvgIpc) is 3.25. The molecule has 8 heteroatoms. The maximum atomic E-state index is 11.7. The first-order valence-electron chi connectivity index (χ1n) is 10.1. The van der Waals surface area contributed by atoms with Gasteiger partial charge in [0.25, 0.3) is 0 Å². The molecule has 32 heavy (non-hydrogen) atoms. The summed E-state index contributed by atoms with van der Waals surface area (Å²) >= 11 is 0. The normalized spacial score (nSPS) is 10.4. The van der Waals surface area contributed by atoms with Gasteiger partial charge in [0, 0.05) is 18.3 Å². The summed E-state index contributed by atoms with van der Waals surface area (Å²) in [5.41, 5.74) is 4.68. The van der Waals surface area contributed by atoms with Gasteiger partial charge in [0.15, 0.2) is 5.82 Å². The van der Waals surface area contributed by atoms with Crippen molar-refractivity contribution < 1.29 is 4.79 Å². The van der Waals surface area contributed by atoms with Crippen molar-refractivity contribution in [3.8, 4) is 28.6 Å². The highest BCUT2D eigenvalue weighted by molar-refractivity contribution is 5.94. The van der Waals surface area contributed by atoms with Gasteiger partial charge in [0.05, 0.1) is 11.8 Å². The van der Waals surface area contributed by atoms with Crippen molar-refractivity contribution in [3.05, 3.63) is 78.2 Å². The molecule has 0 unspecified atom stereocenters. The standard InChI is InChI=1S/C24H21N7O/c1-16-28-23(31-30-16)20-6-3-2-5-19(20)18-10-8-17(9-11-18)15-27-24-21(7-4-14-26-24)29-22(32)12-13-25/h2-11,14H,12,15H2,1H3,(H,26,27)(H,29,32)(H,28,30,31). The Morgan fingerprint density at radius 3 is 2.56 bits per heavy atom. The maximum Gasteiger partial charge on any atom is 0.238 e. The molecule has 0 aliphatic rings. The molecule has 0 spiro atoms. The number of benzene rings is 2. The van der Waals surface area contributed by atoms with Crippen LogP contribution in [0.2, 0.25) is 0 Å². The van der Waals surface area contributed by atoms with Crippen LogP contribution in [0, 0.1) is 18.3 Å². The van der Waals surface area contributed by atoms with Crippen LogP contribution in [0.25, 0.3) is 22.5 Å². The molecule has 0 fully saturated rings. The van der Waals surface area contributed by atoms with Crippen LogP contribution in [0.15, 0.2) is 66.9 Å². The van der Waals surface area contributed by atoms with E-state index in [1.807, 2.05) is 43.3 Å². The van der Waals surface area contributed by atoms with Crippen LogP contribution >= 0.6 is 0 Å². The summed E-state index contributed by atoms with van der Waals surface area (Å²) in [6, 6.07) is 21.5. The molecule has 4 aromatic rings. The quantitative estimate of drug-likeness (QED) is 0.408. The fourth-order valence-corrected chi connectivity index (χ4v) is 3.29. The van der Waals surface area contributed by atoms with Gasteiger partial charge in [0.2, 0.25) is 5.91 Å². The minimum atomic E-state index is -0.367. The number of amides is 1. The topological polar surface area (TPSA) is 119 Å². The predicted octanol–water partition coefficient (Wildman–Crippen LogP) is 4.31. The van der Waals surface area contributed by atoms with E-state index in [4.69, 9.17) is 5.26 Å². The third-order valence-electron chi connectivity index (χ3n) is 4.81. The van der Waals surface area contributed by atoms with E-state index in [0.717, 1.165) is 28.1 Å². The van der Waals surface area contributed by atoms with E-state index in [0.29, 0.717) is 23.9 Å². The summed E-state index contributed by atoms with van der Waals surface area (Å²) in [5.74, 6) is 1.63. The highest BCUT2D eigenvalue weighted by Crippen LogP contribution is 2.30. The van der Waals surface area contributed by atoms with Gasteiger partial charge in [-0.15, -0.1) is 0 Å². The second-order valence-corrected chi connectivity index (χ2v) is 7.12. The zero-order valence-corrected chi connectivity index (χ0v) is 17.5. The number of anilines is 2. The highest BCUT2D eigenvalue weighted by Gasteiger charge is 2.11. The van der Waals surface area contributed by atoms with Crippen molar-refractivity contribution in [2.75, 3.05) is 10.6 Å². The molecule has 0 aliphatic carbocycles. The Morgan fingerprint density at radius 2 is 1.84 bits per heavy atom. The van der Waals surface area contributed by atoms with Gasteiger partial charge in [0.1, 0.15) is 18.1 Å². The zero-order valence-electron chi connectivity index (χ0n) is 17.5. The van der Waals surface area contributed by atoms with Gasteiger partial charge in [-0.05, 0) is 35.7 Å². The van der Waals surface area contributed by atoms with E-state index in [1.165, 1.54) is 0 Å². The minimum absolute atomic E-state index is 0.204. The summed E-state index contributed by atoms with van der Waals surface area (Å²) in [6.45, 7) is 2.41. The number of rotatable bonds is 7. The Labute approximate surface area is 185 Å². The summed E-state index contributed by atoms with van der Waals surface area (Å²) < 4.78 is 0. The van der Waals surface area contributed by atoms with Gasteiger partial charge >= 0.3 is 0 Å². The summed E-state index contributed by atoms with van der Waals surface area (Å²) in [5, 5.41) is 21.8. The monoisotopic (exact) mass is 423 g/mol. The number of aromatic nitrogens is 4. The lowest BCUT2D eigenvalue weighted by Gasteiger charge is -2.12. The molecule has 2 aromatic heterocycles. The van der Waals surface area contributed by atoms with Crippen LogP contribution in [-0.2, 0) is 11.3 Å². The maximum absolute atomic E-state index is 11.7. The Bertz CT molecular complexity index is 1270. The van der Waals surface area contributed by atoms with Gasteiger partial charge in [-0.1, -0.05) is 48.5 Å². The predicted molar refractivity (Wildman–Crippen MR) is 122 cm³/mol. The molecule has 2 heterocycles. The Balaban J connectivity index is 1.49. The number of nitrogens with one attached hydrogen (secondary N) is 3. The summed E-state index contributed by atoms with van der Waals surface area (Å²) in [4.78, 5) is 20.5.